The Hall–Kier alpha value is -0.750. The van der Waals surface area contributed by atoms with Crippen molar-refractivity contribution in [1.29, 1.82) is 0 Å². The van der Waals surface area contributed by atoms with E-state index in [4.69, 9.17) is 15.4 Å². The van der Waals surface area contributed by atoms with Gasteiger partial charge in [-0.2, -0.15) is 5.10 Å². The molecule has 1 heterocycles. The van der Waals surface area contributed by atoms with Crippen LogP contribution >= 0.6 is 10.7 Å². The van der Waals surface area contributed by atoms with E-state index in [1.54, 1.807) is 38.0 Å². The van der Waals surface area contributed by atoms with Gasteiger partial charge in [0.05, 0.1) is 24.8 Å². The third kappa shape index (κ3) is 4.85. The second-order valence-electron chi connectivity index (χ2n) is 4.49. The Morgan fingerprint density at radius 1 is 1.56 bits per heavy atom. The molecule has 1 aromatic rings. The van der Waals surface area contributed by atoms with Crippen molar-refractivity contribution in [3.8, 4) is 5.75 Å². The van der Waals surface area contributed by atoms with Crippen LogP contribution in [-0.4, -0.2) is 30.6 Å². The van der Waals surface area contributed by atoms with Gasteiger partial charge in [0.1, 0.15) is 0 Å². The van der Waals surface area contributed by atoms with Crippen LogP contribution in [0.2, 0.25) is 0 Å². The number of aromatic nitrogens is 2. The van der Waals surface area contributed by atoms with E-state index in [-0.39, 0.29) is 12.4 Å². The third-order valence-electron chi connectivity index (χ3n) is 1.87. The highest BCUT2D eigenvalue weighted by molar-refractivity contribution is 8.13. The number of rotatable bonds is 5. The first-order chi connectivity index (χ1) is 7.18. The van der Waals surface area contributed by atoms with E-state index in [0.29, 0.717) is 5.75 Å². The highest BCUT2D eigenvalue weighted by Gasteiger charge is 2.26. The lowest BCUT2D eigenvalue weighted by Crippen LogP contribution is -2.28. The molecule has 0 saturated heterocycles. The first-order valence-corrected chi connectivity index (χ1v) is 7.20. The van der Waals surface area contributed by atoms with Crippen LogP contribution in [0.15, 0.2) is 12.4 Å². The van der Waals surface area contributed by atoms with Gasteiger partial charge in [-0.1, -0.05) is 13.8 Å². The number of halogens is 1. The van der Waals surface area contributed by atoms with E-state index in [1.807, 2.05) is 0 Å². The molecule has 16 heavy (non-hydrogen) atoms. The van der Waals surface area contributed by atoms with Gasteiger partial charge in [-0.15, -0.1) is 0 Å². The van der Waals surface area contributed by atoms with E-state index in [9.17, 15) is 8.42 Å². The summed E-state index contributed by atoms with van der Waals surface area (Å²) in [5, 5.41) is 3.94. The lowest BCUT2D eigenvalue weighted by Gasteiger charge is -2.22. The molecule has 0 spiro atoms. The predicted octanol–water partition coefficient (Wildman–Crippen LogP) is 1.39. The van der Waals surface area contributed by atoms with Gasteiger partial charge in [0.2, 0.25) is 9.05 Å². The second-order valence-corrected chi connectivity index (χ2v) is 7.26. The van der Waals surface area contributed by atoms with Crippen molar-refractivity contribution in [3.05, 3.63) is 12.4 Å². The van der Waals surface area contributed by atoms with Crippen LogP contribution < -0.4 is 4.74 Å². The minimum atomic E-state index is -3.51. The van der Waals surface area contributed by atoms with Crippen LogP contribution in [0.4, 0.5) is 0 Å². The largest absolute Gasteiger partial charge is 0.490 e. The van der Waals surface area contributed by atoms with Crippen LogP contribution in [-0.2, 0) is 16.1 Å². The maximum Gasteiger partial charge on any atom is 0.233 e. The molecule has 1 rings (SSSR count). The first kappa shape index (κ1) is 13.3. The van der Waals surface area contributed by atoms with Crippen LogP contribution in [0.1, 0.15) is 13.8 Å². The Labute approximate surface area is 99.8 Å². The highest BCUT2D eigenvalue weighted by atomic mass is 35.7. The SMILES string of the molecule is Cn1cc(OCC(C)(C)CS(=O)(=O)Cl)cn1. The van der Waals surface area contributed by atoms with Gasteiger partial charge in [0.25, 0.3) is 0 Å². The van der Waals surface area contributed by atoms with E-state index >= 15 is 0 Å². The van der Waals surface area contributed by atoms with Gasteiger partial charge in [-0.25, -0.2) is 8.42 Å². The number of hydrogen-bond acceptors (Lipinski definition) is 4. The van der Waals surface area contributed by atoms with Crippen LogP contribution in [0.5, 0.6) is 5.75 Å². The van der Waals surface area contributed by atoms with Crippen LogP contribution in [0, 0.1) is 5.41 Å². The summed E-state index contributed by atoms with van der Waals surface area (Å²) in [6.45, 7) is 3.83. The lowest BCUT2D eigenvalue weighted by molar-refractivity contribution is 0.200. The van der Waals surface area contributed by atoms with E-state index in [0.717, 1.165) is 0 Å². The maximum absolute atomic E-state index is 11.0. The van der Waals surface area contributed by atoms with Crippen molar-refractivity contribution in [3.63, 3.8) is 0 Å². The number of nitrogens with zero attached hydrogens (tertiary/aromatic N) is 2. The predicted molar refractivity (Wildman–Crippen MR) is 62.1 cm³/mol. The van der Waals surface area contributed by atoms with Crippen molar-refractivity contribution in [2.24, 2.45) is 12.5 Å². The van der Waals surface area contributed by atoms with Gasteiger partial charge < -0.3 is 4.74 Å². The minimum Gasteiger partial charge on any atom is -0.490 e. The minimum absolute atomic E-state index is 0.123. The van der Waals surface area contributed by atoms with E-state index in [2.05, 4.69) is 5.10 Å². The molecular formula is C9H15ClN2O3S. The molecule has 0 aliphatic carbocycles. The van der Waals surface area contributed by atoms with Crippen molar-refractivity contribution < 1.29 is 13.2 Å². The Balaban J connectivity index is 2.54. The zero-order chi connectivity index (χ0) is 12.4. The van der Waals surface area contributed by atoms with Gasteiger partial charge in [0.15, 0.2) is 5.75 Å². The smallest absolute Gasteiger partial charge is 0.233 e. The average Bonchev–Trinajstić information content (AvgIpc) is 2.44. The molecule has 1 aromatic heterocycles. The molecule has 5 nitrogen and oxygen atoms in total. The summed E-state index contributed by atoms with van der Waals surface area (Å²) >= 11 is 0. The zero-order valence-corrected chi connectivity index (χ0v) is 11.0. The van der Waals surface area contributed by atoms with Crippen LogP contribution in [0.25, 0.3) is 0 Å². The van der Waals surface area contributed by atoms with E-state index < -0.39 is 14.5 Å². The maximum atomic E-state index is 11.0. The number of hydrogen-bond donors (Lipinski definition) is 0. The number of aryl methyl sites for hydroxylation is 1. The fourth-order valence-electron chi connectivity index (χ4n) is 1.26. The monoisotopic (exact) mass is 266 g/mol. The molecule has 0 unspecified atom stereocenters. The molecule has 0 fully saturated rings. The second kappa shape index (κ2) is 4.63. The van der Waals surface area contributed by atoms with Crippen molar-refractivity contribution >= 4 is 19.7 Å². The topological polar surface area (TPSA) is 61.2 Å². The molecule has 0 N–H and O–H groups in total. The Morgan fingerprint density at radius 3 is 2.62 bits per heavy atom. The summed E-state index contributed by atoms with van der Waals surface area (Å²) in [5.41, 5.74) is -0.531. The molecule has 0 atom stereocenters. The summed E-state index contributed by atoms with van der Waals surface area (Å²) in [7, 11) is 3.47. The lowest BCUT2D eigenvalue weighted by atomic mass is 9.98. The van der Waals surface area contributed by atoms with Crippen LogP contribution in [0.3, 0.4) is 0 Å². The molecule has 0 amide bonds. The van der Waals surface area contributed by atoms with Gasteiger partial charge >= 0.3 is 0 Å². The summed E-state index contributed by atoms with van der Waals surface area (Å²) in [6.07, 6.45) is 3.29. The third-order valence-corrected chi connectivity index (χ3v) is 3.33. The molecule has 0 radical (unpaired) electrons. The number of ether oxygens (including phenoxy) is 1. The Morgan fingerprint density at radius 2 is 2.19 bits per heavy atom. The molecule has 0 aliphatic heterocycles. The zero-order valence-electron chi connectivity index (χ0n) is 9.47. The first-order valence-electron chi connectivity index (χ1n) is 4.72. The summed E-state index contributed by atoms with van der Waals surface area (Å²) in [4.78, 5) is 0. The average molecular weight is 267 g/mol. The summed E-state index contributed by atoms with van der Waals surface area (Å²) in [6, 6.07) is 0. The molecule has 92 valence electrons. The highest BCUT2D eigenvalue weighted by Crippen LogP contribution is 2.21. The normalized spacial score (nSPS) is 12.8. The fraction of sp³-hybridized carbons (Fsp3) is 0.667. The molecule has 0 aliphatic rings. The van der Waals surface area contributed by atoms with Gasteiger partial charge in [-0.05, 0) is 0 Å². The summed E-state index contributed by atoms with van der Waals surface area (Å²) in [5.74, 6) is 0.490. The quantitative estimate of drug-likeness (QED) is 0.756. The standard InChI is InChI=1S/C9H15ClN2O3S/c1-9(2,7-16(10,13)14)6-15-8-4-11-12(3)5-8/h4-5H,6-7H2,1-3H3. The molecule has 7 heteroatoms. The van der Waals surface area contributed by atoms with Gasteiger partial charge in [-0.3, -0.25) is 4.68 Å². The van der Waals surface area contributed by atoms with Crippen molar-refractivity contribution in [2.45, 2.75) is 13.8 Å². The molecule has 0 bridgehead atoms. The van der Waals surface area contributed by atoms with Crippen molar-refractivity contribution in [2.75, 3.05) is 12.4 Å². The molecular weight excluding hydrogens is 252 g/mol. The molecule has 0 aromatic carbocycles. The Bertz CT molecular complexity index is 453. The van der Waals surface area contributed by atoms with E-state index in [1.165, 1.54) is 0 Å². The Kier molecular flexibility index (Phi) is 3.85. The fourth-order valence-corrected chi connectivity index (χ4v) is 3.16. The van der Waals surface area contributed by atoms with Crippen molar-refractivity contribution in [1.82, 2.24) is 9.78 Å². The summed E-state index contributed by atoms with van der Waals surface area (Å²) < 4.78 is 29.0. The molecule has 0 saturated carbocycles. The van der Waals surface area contributed by atoms with Gasteiger partial charge in [0, 0.05) is 23.1 Å².